The molecule has 3 rings (SSSR count). The zero-order valence-corrected chi connectivity index (χ0v) is 13.6. The smallest absolute Gasteiger partial charge is 0.308 e. The molecule has 0 spiro atoms. The van der Waals surface area contributed by atoms with E-state index in [1.54, 1.807) is 0 Å². The van der Waals surface area contributed by atoms with Gasteiger partial charge in [-0.3, -0.25) is 0 Å². The van der Waals surface area contributed by atoms with Crippen LogP contribution in [0.5, 0.6) is 0 Å². The van der Waals surface area contributed by atoms with Gasteiger partial charge in [-0.1, -0.05) is 66.6 Å². The molecule has 3 nitrogen and oxygen atoms in total. The van der Waals surface area contributed by atoms with Crippen LogP contribution in [0.3, 0.4) is 0 Å². The van der Waals surface area contributed by atoms with Crippen LogP contribution in [-0.4, -0.2) is 6.03 Å². The maximum atomic E-state index is 12.0. The Hall–Kier alpha value is -3.51. The van der Waals surface area contributed by atoms with Crippen LogP contribution in [-0.2, 0) is 0 Å². The van der Waals surface area contributed by atoms with E-state index in [-0.39, 0.29) is 11.9 Å². The molecule has 2 amide bonds. The summed E-state index contributed by atoms with van der Waals surface area (Å²) in [4.78, 5) is 12.0. The second-order valence-corrected chi connectivity index (χ2v) is 5.58. The van der Waals surface area contributed by atoms with Crippen molar-refractivity contribution >= 4 is 17.4 Å². The first kappa shape index (κ1) is 16.4. The second-order valence-electron chi connectivity index (χ2n) is 5.58. The van der Waals surface area contributed by atoms with E-state index in [0.29, 0.717) is 5.69 Å². The average molecular weight is 326 g/mol. The predicted molar refractivity (Wildman–Crippen MR) is 103 cm³/mol. The third kappa shape index (κ3) is 4.27. The first-order chi connectivity index (χ1) is 12.3. The van der Waals surface area contributed by atoms with Crippen LogP contribution < -0.4 is 10.6 Å². The Kier molecular flexibility index (Phi) is 5.13. The van der Waals surface area contributed by atoms with Gasteiger partial charge in [0.1, 0.15) is 0 Å². The van der Waals surface area contributed by atoms with Crippen LogP contribution in [0, 0.1) is 12.3 Å². The molecule has 122 valence electrons. The Morgan fingerprint density at radius 2 is 1.20 bits per heavy atom. The number of amides is 2. The molecule has 25 heavy (non-hydrogen) atoms. The number of para-hydroxylation sites is 1. The van der Waals surface area contributed by atoms with Gasteiger partial charge in [-0.2, -0.15) is 0 Å². The molecule has 1 unspecified atom stereocenters. The van der Waals surface area contributed by atoms with E-state index in [1.807, 2.05) is 84.9 Å². The molecule has 3 aromatic rings. The van der Waals surface area contributed by atoms with Gasteiger partial charge in [0.15, 0.2) is 0 Å². The highest BCUT2D eigenvalue weighted by molar-refractivity contribution is 5.99. The first-order valence-corrected chi connectivity index (χ1v) is 8.00. The Labute approximate surface area is 147 Å². The van der Waals surface area contributed by atoms with Crippen molar-refractivity contribution in [1.82, 2.24) is 0 Å². The Morgan fingerprint density at radius 3 is 1.76 bits per heavy atom. The van der Waals surface area contributed by atoms with Crippen molar-refractivity contribution < 1.29 is 4.79 Å². The summed E-state index contributed by atoms with van der Waals surface area (Å²) in [5.74, 6) is 2.72. The number of benzene rings is 3. The lowest BCUT2D eigenvalue weighted by molar-refractivity contribution is 0.262. The van der Waals surface area contributed by atoms with Gasteiger partial charge in [0, 0.05) is 11.4 Å². The van der Waals surface area contributed by atoms with Crippen LogP contribution in [0.4, 0.5) is 16.2 Å². The summed E-state index contributed by atoms with van der Waals surface area (Å²) in [6.07, 6.45) is 5.71. The molecule has 0 fully saturated rings. The second kappa shape index (κ2) is 7.85. The number of urea groups is 1. The molecule has 0 radical (unpaired) electrons. The number of terminal acetylenes is 1. The highest BCUT2D eigenvalue weighted by Crippen LogP contribution is 2.25. The van der Waals surface area contributed by atoms with Gasteiger partial charge >= 0.3 is 6.03 Å². The number of nitrogens with one attached hydrogen (secondary N) is 2. The van der Waals surface area contributed by atoms with Crippen molar-refractivity contribution in [3.8, 4) is 12.3 Å². The summed E-state index contributed by atoms with van der Waals surface area (Å²) in [5.41, 5.74) is 3.55. The number of carbonyl (C=O) groups excluding carboxylic acids is 1. The molecular weight excluding hydrogens is 308 g/mol. The number of hydrogen-bond donors (Lipinski definition) is 2. The third-order valence-electron chi connectivity index (χ3n) is 3.83. The highest BCUT2D eigenvalue weighted by atomic mass is 16.2. The monoisotopic (exact) mass is 326 g/mol. The van der Waals surface area contributed by atoms with Crippen LogP contribution in [0.15, 0.2) is 84.9 Å². The van der Waals surface area contributed by atoms with Gasteiger partial charge in [0.05, 0.1) is 5.92 Å². The molecule has 0 saturated heterocycles. The standard InChI is InChI=1S/C22H18N2O/c1-2-21(17-9-5-3-6-10-17)18-13-15-20(16-14-18)24-22(25)23-19-11-7-4-8-12-19/h1,3-16,21H,(H2,23,24,25). The summed E-state index contributed by atoms with van der Waals surface area (Å²) < 4.78 is 0. The van der Waals surface area contributed by atoms with E-state index in [4.69, 9.17) is 6.42 Å². The Balaban J connectivity index is 1.68. The van der Waals surface area contributed by atoms with Crippen LogP contribution in [0.1, 0.15) is 17.0 Å². The maximum absolute atomic E-state index is 12.0. The van der Waals surface area contributed by atoms with Crippen LogP contribution >= 0.6 is 0 Å². The van der Waals surface area contributed by atoms with Crippen LogP contribution in [0.2, 0.25) is 0 Å². The molecule has 0 heterocycles. The van der Waals surface area contributed by atoms with Gasteiger partial charge in [0.2, 0.25) is 0 Å². The van der Waals surface area contributed by atoms with E-state index in [1.165, 1.54) is 0 Å². The van der Waals surface area contributed by atoms with E-state index in [2.05, 4.69) is 16.6 Å². The molecule has 0 aliphatic heterocycles. The average Bonchev–Trinajstić information content (AvgIpc) is 2.65. The van der Waals surface area contributed by atoms with Crippen molar-refractivity contribution in [3.05, 3.63) is 96.1 Å². The molecule has 0 aliphatic rings. The molecule has 2 N–H and O–H groups in total. The molecule has 0 aliphatic carbocycles. The lowest BCUT2D eigenvalue weighted by atomic mass is 9.92. The van der Waals surface area contributed by atoms with Crippen molar-refractivity contribution in [2.75, 3.05) is 10.6 Å². The quantitative estimate of drug-likeness (QED) is 0.644. The van der Waals surface area contributed by atoms with Gasteiger partial charge in [0.25, 0.3) is 0 Å². The van der Waals surface area contributed by atoms with Crippen molar-refractivity contribution in [2.45, 2.75) is 5.92 Å². The van der Waals surface area contributed by atoms with E-state index >= 15 is 0 Å². The lowest BCUT2D eigenvalue weighted by Gasteiger charge is -2.13. The number of hydrogen-bond acceptors (Lipinski definition) is 1. The fourth-order valence-corrected chi connectivity index (χ4v) is 2.60. The minimum Gasteiger partial charge on any atom is -0.308 e. The summed E-state index contributed by atoms with van der Waals surface area (Å²) in [6.45, 7) is 0. The minimum absolute atomic E-state index is 0.103. The minimum atomic E-state index is -0.282. The van der Waals surface area contributed by atoms with Crippen molar-refractivity contribution in [3.63, 3.8) is 0 Å². The molecule has 0 saturated carbocycles. The topological polar surface area (TPSA) is 41.1 Å². The summed E-state index contributed by atoms with van der Waals surface area (Å²) >= 11 is 0. The SMILES string of the molecule is C#CC(c1ccccc1)c1ccc(NC(=O)Nc2ccccc2)cc1. The first-order valence-electron chi connectivity index (χ1n) is 8.00. The predicted octanol–water partition coefficient (Wildman–Crippen LogP) is 5.10. The summed E-state index contributed by atoms with van der Waals surface area (Å²) in [5, 5.41) is 5.60. The van der Waals surface area contributed by atoms with E-state index in [9.17, 15) is 4.79 Å². The number of rotatable bonds is 4. The van der Waals surface area contributed by atoms with E-state index < -0.39 is 0 Å². The zero-order valence-electron chi connectivity index (χ0n) is 13.6. The highest BCUT2D eigenvalue weighted by Gasteiger charge is 2.11. The van der Waals surface area contributed by atoms with E-state index in [0.717, 1.165) is 16.8 Å². The molecule has 0 bridgehead atoms. The largest absolute Gasteiger partial charge is 0.323 e. The number of carbonyl (C=O) groups is 1. The summed E-state index contributed by atoms with van der Waals surface area (Å²) in [6, 6.07) is 26.6. The van der Waals surface area contributed by atoms with Gasteiger partial charge in [-0.25, -0.2) is 4.79 Å². The van der Waals surface area contributed by atoms with Crippen LogP contribution in [0.25, 0.3) is 0 Å². The molecule has 3 heteroatoms. The Morgan fingerprint density at radius 1 is 0.720 bits per heavy atom. The van der Waals surface area contributed by atoms with Crippen molar-refractivity contribution in [1.29, 1.82) is 0 Å². The Bertz CT molecular complexity index is 865. The summed E-state index contributed by atoms with van der Waals surface area (Å²) in [7, 11) is 0. The fraction of sp³-hybridized carbons (Fsp3) is 0.0455. The maximum Gasteiger partial charge on any atom is 0.323 e. The normalized spacial score (nSPS) is 11.2. The third-order valence-corrected chi connectivity index (χ3v) is 3.83. The van der Waals surface area contributed by atoms with Gasteiger partial charge in [-0.15, -0.1) is 6.42 Å². The van der Waals surface area contributed by atoms with Gasteiger partial charge in [-0.05, 0) is 35.4 Å². The van der Waals surface area contributed by atoms with Crippen molar-refractivity contribution in [2.24, 2.45) is 0 Å². The zero-order chi connectivity index (χ0) is 17.5. The number of anilines is 2. The lowest BCUT2D eigenvalue weighted by Crippen LogP contribution is -2.19. The molecule has 1 atom stereocenters. The molecular formula is C22H18N2O. The van der Waals surface area contributed by atoms with Gasteiger partial charge < -0.3 is 10.6 Å². The molecule has 3 aromatic carbocycles. The molecule has 0 aromatic heterocycles. The fourth-order valence-electron chi connectivity index (χ4n) is 2.60.